The maximum atomic E-state index is 11.6. The Morgan fingerprint density at radius 3 is 2.25 bits per heavy atom. The maximum Gasteiger partial charge on any atom is 0.330 e. The van der Waals surface area contributed by atoms with Crippen molar-refractivity contribution < 1.29 is 28.5 Å². The van der Waals surface area contributed by atoms with Gasteiger partial charge in [0.05, 0.1) is 38.1 Å². The Bertz CT molecular complexity index is 914. The number of rotatable bonds is 7. The molecule has 0 N–H and O–H groups in total. The monoisotopic (exact) mass is 436 g/mol. The van der Waals surface area contributed by atoms with E-state index in [9.17, 15) is 4.79 Å². The highest BCUT2D eigenvalue weighted by Gasteiger charge is 2.47. The van der Waals surface area contributed by atoms with Gasteiger partial charge in [0.15, 0.2) is 0 Å². The summed E-state index contributed by atoms with van der Waals surface area (Å²) < 4.78 is 30.4. The van der Waals surface area contributed by atoms with Gasteiger partial charge >= 0.3 is 5.97 Å². The molecule has 2 fully saturated rings. The summed E-state index contributed by atoms with van der Waals surface area (Å²) in [4.78, 5) is 11.6. The van der Waals surface area contributed by atoms with Crippen molar-refractivity contribution in [3.05, 3.63) is 83.9 Å². The minimum Gasteiger partial charge on any atom is -0.456 e. The zero-order valence-electron chi connectivity index (χ0n) is 17.9. The van der Waals surface area contributed by atoms with Gasteiger partial charge in [-0.05, 0) is 17.2 Å². The van der Waals surface area contributed by atoms with Crippen molar-refractivity contribution in [3.63, 3.8) is 0 Å². The van der Waals surface area contributed by atoms with Gasteiger partial charge in [-0.1, -0.05) is 60.7 Å². The summed E-state index contributed by atoms with van der Waals surface area (Å²) in [6.45, 7) is 1.44. The van der Waals surface area contributed by atoms with Crippen LogP contribution in [0.1, 0.15) is 24.0 Å². The van der Waals surface area contributed by atoms with Crippen LogP contribution in [-0.4, -0.2) is 49.2 Å². The van der Waals surface area contributed by atoms with E-state index in [-0.39, 0.29) is 42.6 Å². The predicted molar refractivity (Wildman–Crippen MR) is 117 cm³/mol. The molecule has 0 aliphatic carbocycles. The molecule has 2 saturated heterocycles. The van der Waals surface area contributed by atoms with Crippen LogP contribution >= 0.6 is 0 Å². The van der Waals surface area contributed by atoms with Gasteiger partial charge in [0.1, 0.15) is 18.3 Å². The molecule has 168 valence electrons. The summed E-state index contributed by atoms with van der Waals surface area (Å²) in [5.41, 5.74) is 2.23. The number of fused-ring (bicyclic) bond motifs is 2. The van der Waals surface area contributed by atoms with Gasteiger partial charge in [0.2, 0.25) is 0 Å². The lowest BCUT2D eigenvalue weighted by atomic mass is 9.89. The zero-order chi connectivity index (χ0) is 21.8. The summed E-state index contributed by atoms with van der Waals surface area (Å²) in [5, 5.41) is 0. The van der Waals surface area contributed by atoms with Crippen molar-refractivity contribution in [1.29, 1.82) is 0 Å². The highest BCUT2D eigenvalue weighted by Crippen LogP contribution is 2.36. The SMILES string of the molecule is O=C1C=C[C@@H]2O[C@@H]3C[C@H](OCc4ccccc4)[C@@H](COCc4ccccc4)O[C@H]3C[C@H]2O1. The van der Waals surface area contributed by atoms with E-state index in [2.05, 4.69) is 12.1 Å². The molecular weight excluding hydrogens is 408 g/mol. The number of esters is 1. The third kappa shape index (κ3) is 5.10. The van der Waals surface area contributed by atoms with Crippen molar-refractivity contribution in [1.82, 2.24) is 0 Å². The van der Waals surface area contributed by atoms with E-state index >= 15 is 0 Å². The molecule has 32 heavy (non-hydrogen) atoms. The Balaban J connectivity index is 1.25. The van der Waals surface area contributed by atoms with Crippen LogP contribution in [0.15, 0.2) is 72.8 Å². The molecule has 3 aliphatic rings. The fourth-order valence-electron chi connectivity index (χ4n) is 4.55. The van der Waals surface area contributed by atoms with Gasteiger partial charge in [-0.3, -0.25) is 0 Å². The lowest BCUT2D eigenvalue weighted by Crippen LogP contribution is -2.58. The van der Waals surface area contributed by atoms with Gasteiger partial charge in [-0.2, -0.15) is 0 Å². The topological polar surface area (TPSA) is 63.2 Å². The van der Waals surface area contributed by atoms with Crippen molar-refractivity contribution in [2.45, 2.75) is 62.7 Å². The van der Waals surface area contributed by atoms with E-state index in [0.29, 0.717) is 32.7 Å². The van der Waals surface area contributed by atoms with E-state index in [0.717, 1.165) is 11.1 Å². The van der Waals surface area contributed by atoms with Crippen LogP contribution in [0.25, 0.3) is 0 Å². The highest BCUT2D eigenvalue weighted by molar-refractivity contribution is 5.83. The van der Waals surface area contributed by atoms with E-state index in [1.165, 1.54) is 6.08 Å². The van der Waals surface area contributed by atoms with Gasteiger partial charge in [0.25, 0.3) is 0 Å². The van der Waals surface area contributed by atoms with Gasteiger partial charge < -0.3 is 23.7 Å². The summed E-state index contributed by atoms with van der Waals surface area (Å²) >= 11 is 0. The van der Waals surface area contributed by atoms with Crippen LogP contribution in [0.3, 0.4) is 0 Å². The normalized spacial score (nSPS) is 31.4. The Morgan fingerprint density at radius 2 is 1.50 bits per heavy atom. The first-order chi connectivity index (χ1) is 15.7. The van der Waals surface area contributed by atoms with Gasteiger partial charge in [-0.25, -0.2) is 4.79 Å². The van der Waals surface area contributed by atoms with Crippen molar-refractivity contribution in [2.75, 3.05) is 6.61 Å². The van der Waals surface area contributed by atoms with E-state index < -0.39 is 0 Å². The standard InChI is InChI=1S/C26H28O6/c27-26-12-11-20-22(32-26)14-24-23(30-20)13-21(29-16-19-9-5-2-6-10-19)25(31-24)17-28-15-18-7-3-1-4-8-18/h1-12,20-25H,13-17H2/t20-,21-,22+,23+,24-,25+/m0/s1. The average molecular weight is 437 g/mol. The van der Waals surface area contributed by atoms with Crippen LogP contribution in [0.5, 0.6) is 0 Å². The lowest BCUT2D eigenvalue weighted by Gasteiger charge is -2.47. The van der Waals surface area contributed by atoms with E-state index in [4.69, 9.17) is 23.7 Å². The molecular formula is C26H28O6. The average Bonchev–Trinajstić information content (AvgIpc) is 2.83. The number of carbonyl (C=O) groups excluding carboxylic acids is 1. The molecule has 6 atom stereocenters. The number of hydrogen-bond acceptors (Lipinski definition) is 6. The second kappa shape index (κ2) is 9.96. The van der Waals surface area contributed by atoms with Crippen LogP contribution in [0.4, 0.5) is 0 Å². The number of hydrogen-bond donors (Lipinski definition) is 0. The first-order valence-electron chi connectivity index (χ1n) is 11.2. The first-order valence-corrected chi connectivity index (χ1v) is 11.2. The molecule has 0 unspecified atom stereocenters. The molecule has 6 heteroatoms. The molecule has 3 aliphatic heterocycles. The largest absolute Gasteiger partial charge is 0.456 e. The van der Waals surface area contributed by atoms with Crippen molar-refractivity contribution in [3.8, 4) is 0 Å². The summed E-state index contributed by atoms with van der Waals surface area (Å²) in [6.07, 6.45) is 3.39. The minimum atomic E-state index is -0.323. The molecule has 3 heterocycles. The molecule has 0 amide bonds. The molecule has 0 saturated carbocycles. The Labute approximate surface area is 188 Å². The summed E-state index contributed by atoms with van der Waals surface area (Å²) in [6, 6.07) is 20.2. The molecule has 2 aromatic carbocycles. The number of carbonyl (C=O) groups is 1. The third-order valence-electron chi connectivity index (χ3n) is 6.20. The second-order valence-electron chi connectivity index (χ2n) is 8.49. The molecule has 2 aromatic rings. The lowest BCUT2D eigenvalue weighted by molar-refractivity contribution is -0.255. The Kier molecular flexibility index (Phi) is 6.64. The molecule has 0 aromatic heterocycles. The highest BCUT2D eigenvalue weighted by atomic mass is 16.6. The fourth-order valence-corrected chi connectivity index (χ4v) is 4.55. The number of benzene rings is 2. The van der Waals surface area contributed by atoms with Crippen LogP contribution < -0.4 is 0 Å². The molecule has 0 radical (unpaired) electrons. The van der Waals surface area contributed by atoms with Gasteiger partial charge in [-0.15, -0.1) is 0 Å². The predicted octanol–water partition coefficient (Wildman–Crippen LogP) is 3.59. The Morgan fingerprint density at radius 1 is 0.812 bits per heavy atom. The quantitative estimate of drug-likeness (QED) is 0.619. The first kappa shape index (κ1) is 21.3. The summed E-state index contributed by atoms with van der Waals surface area (Å²) in [7, 11) is 0. The second-order valence-corrected chi connectivity index (χ2v) is 8.49. The van der Waals surface area contributed by atoms with Crippen molar-refractivity contribution in [2.24, 2.45) is 0 Å². The van der Waals surface area contributed by atoms with E-state index in [1.807, 2.05) is 48.5 Å². The van der Waals surface area contributed by atoms with Crippen LogP contribution in [-0.2, 0) is 41.7 Å². The third-order valence-corrected chi connectivity index (χ3v) is 6.20. The summed E-state index contributed by atoms with van der Waals surface area (Å²) in [5.74, 6) is -0.323. The van der Waals surface area contributed by atoms with Crippen LogP contribution in [0.2, 0.25) is 0 Å². The minimum absolute atomic E-state index is 0.108. The number of ether oxygens (including phenoxy) is 5. The van der Waals surface area contributed by atoms with Crippen LogP contribution in [0, 0.1) is 0 Å². The van der Waals surface area contributed by atoms with Gasteiger partial charge in [0, 0.05) is 18.9 Å². The molecule has 6 nitrogen and oxygen atoms in total. The maximum absolute atomic E-state index is 11.6. The fraction of sp³-hybridized carbons (Fsp3) is 0.423. The zero-order valence-corrected chi connectivity index (χ0v) is 17.9. The van der Waals surface area contributed by atoms with Crippen molar-refractivity contribution >= 4 is 5.97 Å². The Hall–Kier alpha value is -2.51. The molecule has 0 spiro atoms. The van der Waals surface area contributed by atoms with E-state index in [1.54, 1.807) is 6.08 Å². The smallest absolute Gasteiger partial charge is 0.330 e. The molecule has 5 rings (SSSR count). The molecule has 0 bridgehead atoms.